The predicted molar refractivity (Wildman–Crippen MR) is 74.4 cm³/mol. The summed E-state index contributed by atoms with van der Waals surface area (Å²) in [6, 6.07) is 11.6. The average Bonchev–Trinajstić information content (AvgIpc) is 2.36. The van der Waals surface area contributed by atoms with E-state index in [1.54, 1.807) is 19.1 Å². The summed E-state index contributed by atoms with van der Waals surface area (Å²) in [5.41, 5.74) is 4.96. The highest BCUT2D eigenvalue weighted by atomic mass is 19.1. The van der Waals surface area contributed by atoms with Gasteiger partial charge < -0.3 is 5.32 Å². The summed E-state index contributed by atoms with van der Waals surface area (Å²) in [4.78, 5) is 0. The van der Waals surface area contributed by atoms with Crippen molar-refractivity contribution in [2.75, 3.05) is 5.32 Å². The quantitative estimate of drug-likeness (QED) is 0.844. The van der Waals surface area contributed by atoms with Crippen LogP contribution in [0, 0.1) is 26.6 Å². The van der Waals surface area contributed by atoms with Gasteiger partial charge in [0.15, 0.2) is 0 Å². The van der Waals surface area contributed by atoms with E-state index < -0.39 is 0 Å². The third-order valence-corrected chi connectivity index (χ3v) is 3.38. The minimum absolute atomic E-state index is 0.164. The highest BCUT2D eigenvalue weighted by Crippen LogP contribution is 2.19. The van der Waals surface area contributed by atoms with Gasteiger partial charge in [-0.1, -0.05) is 30.3 Å². The van der Waals surface area contributed by atoms with E-state index in [9.17, 15) is 4.39 Å². The van der Waals surface area contributed by atoms with Crippen LogP contribution >= 0.6 is 0 Å². The van der Waals surface area contributed by atoms with Crippen molar-refractivity contribution >= 4 is 5.69 Å². The second kappa shape index (κ2) is 5.21. The number of hydrogen-bond donors (Lipinski definition) is 1. The Bertz CT molecular complexity index is 510. The van der Waals surface area contributed by atoms with Crippen molar-refractivity contribution in [1.82, 2.24) is 0 Å². The van der Waals surface area contributed by atoms with Crippen LogP contribution in [0.4, 0.5) is 10.1 Å². The Kier molecular flexibility index (Phi) is 3.66. The molecule has 18 heavy (non-hydrogen) atoms. The van der Waals surface area contributed by atoms with E-state index in [4.69, 9.17) is 0 Å². The molecule has 0 amide bonds. The number of halogens is 1. The molecule has 0 aliphatic carbocycles. The lowest BCUT2D eigenvalue weighted by atomic mass is 10.0. The van der Waals surface area contributed by atoms with Gasteiger partial charge in [-0.2, -0.15) is 0 Å². The molecule has 1 N–H and O–H groups in total. The molecule has 0 aliphatic rings. The molecule has 0 fully saturated rings. The molecule has 2 aromatic carbocycles. The highest BCUT2D eigenvalue weighted by Gasteiger charge is 2.05. The standard InChI is InChI=1S/C16H18FN/c1-11-6-4-8-14(13(11)3)10-18-15-9-5-7-12(2)16(15)17/h4-9,18H,10H2,1-3H3. The number of nitrogens with one attached hydrogen (secondary N) is 1. The molecule has 0 spiro atoms. The smallest absolute Gasteiger partial charge is 0.149 e. The Balaban J connectivity index is 2.17. The lowest BCUT2D eigenvalue weighted by molar-refractivity contribution is 0.621. The van der Waals surface area contributed by atoms with Gasteiger partial charge in [0.2, 0.25) is 0 Å². The summed E-state index contributed by atoms with van der Waals surface area (Å²) in [5.74, 6) is -0.164. The van der Waals surface area contributed by atoms with Crippen molar-refractivity contribution < 1.29 is 4.39 Å². The molecule has 0 saturated heterocycles. The zero-order chi connectivity index (χ0) is 13.1. The van der Waals surface area contributed by atoms with Crippen LogP contribution < -0.4 is 5.32 Å². The van der Waals surface area contributed by atoms with Crippen LogP contribution in [-0.4, -0.2) is 0 Å². The first kappa shape index (κ1) is 12.6. The number of anilines is 1. The van der Waals surface area contributed by atoms with Gasteiger partial charge in [0.05, 0.1) is 5.69 Å². The van der Waals surface area contributed by atoms with E-state index in [0.29, 0.717) is 17.8 Å². The van der Waals surface area contributed by atoms with Gasteiger partial charge in [0.25, 0.3) is 0 Å². The molecule has 1 nitrogen and oxygen atoms in total. The Morgan fingerprint density at radius 1 is 0.944 bits per heavy atom. The maximum atomic E-state index is 13.8. The zero-order valence-electron chi connectivity index (χ0n) is 11.0. The van der Waals surface area contributed by atoms with Crippen LogP contribution in [-0.2, 0) is 6.54 Å². The van der Waals surface area contributed by atoms with E-state index in [1.165, 1.54) is 16.7 Å². The summed E-state index contributed by atoms with van der Waals surface area (Å²) in [6.45, 7) is 6.61. The molecule has 0 unspecified atom stereocenters. The van der Waals surface area contributed by atoms with Crippen molar-refractivity contribution in [2.24, 2.45) is 0 Å². The SMILES string of the molecule is Cc1cccc(CNc2cccc(C)c2F)c1C. The van der Waals surface area contributed by atoms with Crippen LogP contribution in [0.15, 0.2) is 36.4 Å². The summed E-state index contributed by atoms with van der Waals surface area (Å²) in [5, 5.41) is 3.16. The van der Waals surface area contributed by atoms with Gasteiger partial charge in [0, 0.05) is 6.54 Å². The molecule has 0 aromatic heterocycles. The maximum absolute atomic E-state index is 13.8. The summed E-state index contributed by atoms with van der Waals surface area (Å²) >= 11 is 0. The fourth-order valence-electron chi connectivity index (χ4n) is 1.98. The van der Waals surface area contributed by atoms with Crippen LogP contribution in [0.3, 0.4) is 0 Å². The van der Waals surface area contributed by atoms with Crippen molar-refractivity contribution in [1.29, 1.82) is 0 Å². The fourth-order valence-corrected chi connectivity index (χ4v) is 1.98. The molecule has 2 rings (SSSR count). The number of hydrogen-bond acceptors (Lipinski definition) is 1. The van der Waals surface area contributed by atoms with Gasteiger partial charge in [0.1, 0.15) is 5.82 Å². The van der Waals surface area contributed by atoms with E-state index in [2.05, 4.69) is 31.3 Å². The first-order valence-electron chi connectivity index (χ1n) is 6.13. The van der Waals surface area contributed by atoms with E-state index >= 15 is 0 Å². The van der Waals surface area contributed by atoms with E-state index in [-0.39, 0.29) is 5.82 Å². The van der Waals surface area contributed by atoms with Gasteiger partial charge in [-0.3, -0.25) is 0 Å². The average molecular weight is 243 g/mol. The molecule has 0 bridgehead atoms. The lowest BCUT2D eigenvalue weighted by Crippen LogP contribution is -2.04. The highest BCUT2D eigenvalue weighted by molar-refractivity contribution is 5.48. The molecule has 0 heterocycles. The second-order valence-corrected chi connectivity index (χ2v) is 4.65. The number of benzene rings is 2. The minimum Gasteiger partial charge on any atom is -0.379 e. The number of rotatable bonds is 3. The van der Waals surface area contributed by atoms with Crippen molar-refractivity contribution in [2.45, 2.75) is 27.3 Å². The summed E-state index contributed by atoms with van der Waals surface area (Å²) in [7, 11) is 0. The Morgan fingerprint density at radius 3 is 2.39 bits per heavy atom. The first-order chi connectivity index (χ1) is 8.59. The Hall–Kier alpha value is -1.83. The van der Waals surface area contributed by atoms with Crippen molar-refractivity contribution in [3.8, 4) is 0 Å². The maximum Gasteiger partial charge on any atom is 0.149 e. The van der Waals surface area contributed by atoms with Gasteiger partial charge in [-0.05, 0) is 49.1 Å². The second-order valence-electron chi connectivity index (χ2n) is 4.65. The van der Waals surface area contributed by atoms with Crippen molar-refractivity contribution in [3.05, 3.63) is 64.5 Å². The zero-order valence-corrected chi connectivity index (χ0v) is 11.0. The largest absolute Gasteiger partial charge is 0.379 e. The third-order valence-electron chi connectivity index (χ3n) is 3.38. The molecule has 0 atom stereocenters. The van der Waals surface area contributed by atoms with Crippen LogP contribution in [0.25, 0.3) is 0 Å². The topological polar surface area (TPSA) is 12.0 Å². The molecule has 2 heteroatoms. The molecule has 0 saturated carbocycles. The molecular formula is C16H18FN. The van der Waals surface area contributed by atoms with E-state index in [0.717, 1.165) is 0 Å². The number of aryl methyl sites for hydroxylation is 2. The normalized spacial score (nSPS) is 10.4. The molecule has 2 aromatic rings. The fraction of sp³-hybridized carbons (Fsp3) is 0.250. The monoisotopic (exact) mass is 243 g/mol. The van der Waals surface area contributed by atoms with Crippen LogP contribution in [0.1, 0.15) is 22.3 Å². The minimum atomic E-state index is -0.164. The van der Waals surface area contributed by atoms with E-state index in [1.807, 2.05) is 12.1 Å². The summed E-state index contributed by atoms with van der Waals surface area (Å²) in [6.07, 6.45) is 0. The summed E-state index contributed by atoms with van der Waals surface area (Å²) < 4.78 is 13.8. The van der Waals surface area contributed by atoms with Crippen LogP contribution in [0.5, 0.6) is 0 Å². The lowest BCUT2D eigenvalue weighted by Gasteiger charge is -2.12. The molecule has 94 valence electrons. The Labute approximate surface area is 108 Å². The molecular weight excluding hydrogens is 225 g/mol. The van der Waals surface area contributed by atoms with Crippen molar-refractivity contribution in [3.63, 3.8) is 0 Å². The van der Waals surface area contributed by atoms with Gasteiger partial charge in [-0.15, -0.1) is 0 Å². The van der Waals surface area contributed by atoms with Gasteiger partial charge in [-0.25, -0.2) is 4.39 Å². The third kappa shape index (κ3) is 2.53. The Morgan fingerprint density at radius 2 is 1.61 bits per heavy atom. The van der Waals surface area contributed by atoms with Gasteiger partial charge >= 0.3 is 0 Å². The first-order valence-corrected chi connectivity index (χ1v) is 6.13. The van der Waals surface area contributed by atoms with Crippen LogP contribution in [0.2, 0.25) is 0 Å². The molecule has 0 aliphatic heterocycles. The molecule has 0 radical (unpaired) electrons. The predicted octanol–water partition coefficient (Wildman–Crippen LogP) is 4.36.